The lowest BCUT2D eigenvalue weighted by Gasteiger charge is -2.21. The Morgan fingerprint density at radius 2 is 2.11 bits per heavy atom. The number of hydrogen-bond acceptors (Lipinski definition) is 3. The first kappa shape index (κ1) is 13.7. The minimum Gasteiger partial charge on any atom is -0.495 e. The predicted molar refractivity (Wildman–Crippen MR) is 77.3 cm³/mol. The summed E-state index contributed by atoms with van der Waals surface area (Å²) in [6.45, 7) is 6.94. The van der Waals surface area contributed by atoms with Crippen LogP contribution < -0.4 is 10.1 Å². The average molecular weight is 258 g/mol. The maximum absolute atomic E-state index is 8.92. The Bertz CT molecular complexity index is 502. The van der Waals surface area contributed by atoms with Gasteiger partial charge in [0.05, 0.1) is 24.4 Å². The second-order valence-electron chi connectivity index (χ2n) is 6.33. The number of nitriles is 1. The topological polar surface area (TPSA) is 45.0 Å². The summed E-state index contributed by atoms with van der Waals surface area (Å²) in [7, 11) is 1.64. The standard InChI is InChI=1S/C16H22N2O/c1-11-8-16(2,3)9-14(11)18-13-6-5-12(10-17)7-15(13)19-4/h5-7,11,14,18H,8-9H2,1-4H3. The zero-order valence-electron chi connectivity index (χ0n) is 12.2. The van der Waals surface area contributed by atoms with Gasteiger partial charge in [0.2, 0.25) is 0 Å². The van der Waals surface area contributed by atoms with Gasteiger partial charge in [-0.3, -0.25) is 0 Å². The van der Waals surface area contributed by atoms with Gasteiger partial charge in [0.25, 0.3) is 0 Å². The Balaban J connectivity index is 2.18. The van der Waals surface area contributed by atoms with Crippen LogP contribution in [0.5, 0.6) is 5.75 Å². The highest BCUT2D eigenvalue weighted by molar-refractivity contribution is 5.60. The van der Waals surface area contributed by atoms with Gasteiger partial charge in [-0.2, -0.15) is 5.26 Å². The van der Waals surface area contributed by atoms with Crippen LogP contribution in [0.3, 0.4) is 0 Å². The van der Waals surface area contributed by atoms with Crippen LogP contribution in [0.25, 0.3) is 0 Å². The molecule has 1 fully saturated rings. The minimum absolute atomic E-state index is 0.400. The van der Waals surface area contributed by atoms with Gasteiger partial charge < -0.3 is 10.1 Å². The van der Waals surface area contributed by atoms with Gasteiger partial charge in [-0.15, -0.1) is 0 Å². The van der Waals surface area contributed by atoms with E-state index in [4.69, 9.17) is 10.00 Å². The van der Waals surface area contributed by atoms with Crippen LogP contribution in [0.2, 0.25) is 0 Å². The van der Waals surface area contributed by atoms with Crippen LogP contribution in [0, 0.1) is 22.7 Å². The van der Waals surface area contributed by atoms with Crippen LogP contribution in [-0.2, 0) is 0 Å². The van der Waals surface area contributed by atoms with Crippen molar-refractivity contribution >= 4 is 5.69 Å². The summed E-state index contributed by atoms with van der Waals surface area (Å²) in [5.41, 5.74) is 2.01. The van der Waals surface area contributed by atoms with Crippen LogP contribution in [-0.4, -0.2) is 13.2 Å². The number of ether oxygens (including phenoxy) is 1. The number of methoxy groups -OCH3 is 1. The normalized spacial score (nSPS) is 24.8. The molecule has 1 aliphatic carbocycles. The molecule has 2 unspecified atom stereocenters. The summed E-state index contributed by atoms with van der Waals surface area (Å²) >= 11 is 0. The summed E-state index contributed by atoms with van der Waals surface area (Å²) in [5, 5.41) is 12.5. The highest BCUT2D eigenvalue weighted by Gasteiger charge is 2.36. The van der Waals surface area contributed by atoms with Crippen molar-refractivity contribution in [3.63, 3.8) is 0 Å². The molecule has 0 aromatic heterocycles. The van der Waals surface area contributed by atoms with E-state index < -0.39 is 0 Å². The first-order valence-electron chi connectivity index (χ1n) is 6.80. The lowest BCUT2D eigenvalue weighted by molar-refractivity contribution is 0.366. The van der Waals surface area contributed by atoms with E-state index in [0.29, 0.717) is 22.9 Å². The Morgan fingerprint density at radius 1 is 1.37 bits per heavy atom. The van der Waals surface area contributed by atoms with Gasteiger partial charge in [0, 0.05) is 12.1 Å². The number of rotatable bonds is 3. The molecule has 0 spiro atoms. The fourth-order valence-electron chi connectivity index (χ4n) is 3.17. The minimum atomic E-state index is 0.400. The largest absolute Gasteiger partial charge is 0.495 e. The zero-order valence-corrected chi connectivity index (χ0v) is 12.2. The van der Waals surface area contributed by atoms with Gasteiger partial charge >= 0.3 is 0 Å². The third kappa shape index (κ3) is 3.01. The maximum atomic E-state index is 8.92. The van der Waals surface area contributed by atoms with E-state index in [-0.39, 0.29) is 0 Å². The smallest absolute Gasteiger partial charge is 0.143 e. The number of nitrogens with zero attached hydrogens (tertiary/aromatic N) is 1. The van der Waals surface area contributed by atoms with Gasteiger partial charge in [0.15, 0.2) is 0 Å². The molecule has 19 heavy (non-hydrogen) atoms. The first-order chi connectivity index (χ1) is 8.95. The predicted octanol–water partition coefficient (Wildman–Crippen LogP) is 3.80. The van der Waals surface area contributed by atoms with Gasteiger partial charge in [-0.1, -0.05) is 20.8 Å². The van der Waals surface area contributed by atoms with Crippen molar-refractivity contribution in [3.8, 4) is 11.8 Å². The fourth-order valence-corrected chi connectivity index (χ4v) is 3.17. The van der Waals surface area contributed by atoms with E-state index in [1.54, 1.807) is 13.2 Å². The molecule has 0 saturated heterocycles. The van der Waals surface area contributed by atoms with Crippen molar-refractivity contribution in [1.82, 2.24) is 0 Å². The fraction of sp³-hybridized carbons (Fsp3) is 0.562. The summed E-state index contributed by atoms with van der Waals surface area (Å²) in [6, 6.07) is 8.16. The van der Waals surface area contributed by atoms with E-state index in [1.807, 2.05) is 12.1 Å². The molecule has 1 aliphatic rings. The van der Waals surface area contributed by atoms with E-state index in [0.717, 1.165) is 17.9 Å². The highest BCUT2D eigenvalue weighted by Crippen LogP contribution is 2.42. The summed E-state index contributed by atoms with van der Waals surface area (Å²) in [4.78, 5) is 0. The molecule has 1 aromatic carbocycles. The molecule has 2 atom stereocenters. The van der Waals surface area contributed by atoms with Crippen LogP contribution in [0.4, 0.5) is 5.69 Å². The number of hydrogen-bond donors (Lipinski definition) is 1. The average Bonchev–Trinajstić information content (AvgIpc) is 2.62. The van der Waals surface area contributed by atoms with Crippen molar-refractivity contribution < 1.29 is 4.74 Å². The Labute approximate surface area is 115 Å². The second-order valence-corrected chi connectivity index (χ2v) is 6.33. The third-order valence-electron chi connectivity index (χ3n) is 4.01. The SMILES string of the molecule is COc1cc(C#N)ccc1NC1CC(C)(C)CC1C. The third-order valence-corrected chi connectivity index (χ3v) is 4.01. The van der Waals surface area contributed by atoms with Crippen LogP contribution >= 0.6 is 0 Å². The van der Waals surface area contributed by atoms with Crippen molar-refractivity contribution in [3.05, 3.63) is 23.8 Å². The summed E-state index contributed by atoms with van der Waals surface area (Å²) in [5.74, 6) is 1.39. The lowest BCUT2D eigenvalue weighted by Crippen LogP contribution is -2.22. The van der Waals surface area contributed by atoms with Gasteiger partial charge in [-0.25, -0.2) is 0 Å². The van der Waals surface area contributed by atoms with Gasteiger partial charge in [0.1, 0.15) is 5.75 Å². The van der Waals surface area contributed by atoms with Crippen LogP contribution in [0.1, 0.15) is 39.2 Å². The van der Waals surface area contributed by atoms with E-state index in [1.165, 1.54) is 6.42 Å². The number of anilines is 1. The van der Waals surface area contributed by atoms with E-state index >= 15 is 0 Å². The highest BCUT2D eigenvalue weighted by atomic mass is 16.5. The Hall–Kier alpha value is -1.69. The summed E-state index contributed by atoms with van der Waals surface area (Å²) in [6.07, 6.45) is 2.40. The first-order valence-corrected chi connectivity index (χ1v) is 6.80. The van der Waals surface area contributed by atoms with Gasteiger partial charge in [-0.05, 0) is 36.3 Å². The number of benzene rings is 1. The van der Waals surface area contributed by atoms with E-state index in [9.17, 15) is 0 Å². The molecular formula is C16H22N2O. The zero-order chi connectivity index (χ0) is 14.0. The molecule has 1 saturated carbocycles. The Kier molecular flexibility index (Phi) is 3.71. The molecule has 0 amide bonds. The number of nitrogens with one attached hydrogen (secondary N) is 1. The quantitative estimate of drug-likeness (QED) is 0.896. The molecule has 0 bridgehead atoms. The van der Waals surface area contributed by atoms with Crippen molar-refractivity contribution in [2.75, 3.05) is 12.4 Å². The molecule has 0 radical (unpaired) electrons. The van der Waals surface area contributed by atoms with E-state index in [2.05, 4.69) is 32.2 Å². The van der Waals surface area contributed by atoms with Crippen molar-refractivity contribution in [2.45, 2.75) is 39.7 Å². The van der Waals surface area contributed by atoms with Crippen LogP contribution in [0.15, 0.2) is 18.2 Å². The van der Waals surface area contributed by atoms with Crippen molar-refractivity contribution in [1.29, 1.82) is 5.26 Å². The molecule has 0 aliphatic heterocycles. The molecule has 0 heterocycles. The lowest BCUT2D eigenvalue weighted by atomic mass is 9.91. The maximum Gasteiger partial charge on any atom is 0.143 e. The molecule has 1 aromatic rings. The molecule has 3 nitrogen and oxygen atoms in total. The Morgan fingerprint density at radius 3 is 2.63 bits per heavy atom. The van der Waals surface area contributed by atoms with Crippen molar-refractivity contribution in [2.24, 2.45) is 11.3 Å². The molecule has 2 rings (SSSR count). The molecular weight excluding hydrogens is 236 g/mol. The molecule has 1 N–H and O–H groups in total. The monoisotopic (exact) mass is 258 g/mol. The molecule has 3 heteroatoms. The second kappa shape index (κ2) is 5.13. The molecule has 102 valence electrons. The summed E-state index contributed by atoms with van der Waals surface area (Å²) < 4.78 is 5.37.